The van der Waals surface area contributed by atoms with E-state index in [1.165, 1.54) is 12.1 Å². The summed E-state index contributed by atoms with van der Waals surface area (Å²) in [5.41, 5.74) is 1.38. The molecule has 1 aliphatic carbocycles. The zero-order valence-electron chi connectivity index (χ0n) is 7.79. The summed E-state index contributed by atoms with van der Waals surface area (Å²) < 4.78 is 12.9. The number of rotatable bonds is 1. The first-order chi connectivity index (χ1) is 6.77. The predicted octanol–water partition coefficient (Wildman–Crippen LogP) is 2.96. The number of allylic oxidation sites excluding steroid dienone is 2. The van der Waals surface area contributed by atoms with Gasteiger partial charge in [0.05, 0.1) is 0 Å². The molecular weight excluding hydrogens is 179 g/mol. The maximum absolute atomic E-state index is 12.9. The maximum atomic E-state index is 12.9. The normalized spacial score (nSPS) is 16.6. The van der Waals surface area contributed by atoms with Gasteiger partial charge in [0, 0.05) is 12.0 Å². The summed E-state index contributed by atoms with van der Waals surface area (Å²) >= 11 is 0. The lowest BCUT2D eigenvalue weighted by molar-refractivity contribution is -0.114. The van der Waals surface area contributed by atoms with Crippen LogP contribution in [0.25, 0.3) is 5.57 Å². The molecule has 0 atom stereocenters. The van der Waals surface area contributed by atoms with Crippen LogP contribution >= 0.6 is 0 Å². The van der Waals surface area contributed by atoms with Gasteiger partial charge in [-0.3, -0.25) is 4.79 Å². The molecule has 0 spiro atoms. The minimum absolute atomic E-state index is 0.127. The predicted molar refractivity (Wildman–Crippen MR) is 53.2 cm³/mol. The Balaban J connectivity index is 2.39. The summed E-state index contributed by atoms with van der Waals surface area (Å²) in [6.07, 6.45) is 4.32. The smallest absolute Gasteiger partial charge is 0.163 e. The van der Waals surface area contributed by atoms with E-state index in [0.29, 0.717) is 17.6 Å². The number of hydrogen-bond donors (Lipinski definition) is 0. The minimum atomic E-state index is -0.290. The molecule has 2 rings (SSSR count). The third-order valence-electron chi connectivity index (χ3n) is 2.39. The van der Waals surface area contributed by atoms with Crippen LogP contribution in [0.1, 0.15) is 24.8 Å². The molecule has 2 heteroatoms. The summed E-state index contributed by atoms with van der Waals surface area (Å²) in [4.78, 5) is 11.5. The molecule has 14 heavy (non-hydrogen) atoms. The maximum Gasteiger partial charge on any atom is 0.163 e. The highest BCUT2D eigenvalue weighted by molar-refractivity contribution is 6.21. The number of hydrogen-bond acceptors (Lipinski definition) is 1. The van der Waals surface area contributed by atoms with Crippen molar-refractivity contribution < 1.29 is 9.18 Å². The van der Waals surface area contributed by atoms with E-state index in [4.69, 9.17) is 0 Å². The second-order valence-electron chi connectivity index (χ2n) is 3.44. The zero-order valence-corrected chi connectivity index (χ0v) is 7.79. The molecule has 72 valence electrons. The fourth-order valence-corrected chi connectivity index (χ4v) is 1.69. The van der Waals surface area contributed by atoms with Crippen LogP contribution in [0.4, 0.5) is 4.39 Å². The van der Waals surface area contributed by atoms with Gasteiger partial charge in [0.2, 0.25) is 0 Å². The van der Waals surface area contributed by atoms with Crippen molar-refractivity contribution >= 4 is 11.4 Å². The molecule has 0 radical (unpaired) electrons. The van der Waals surface area contributed by atoms with E-state index in [0.717, 1.165) is 12.8 Å². The Bertz CT molecular complexity index is 393. The van der Waals surface area contributed by atoms with Crippen LogP contribution in [0.3, 0.4) is 0 Å². The van der Waals surface area contributed by atoms with Crippen LogP contribution < -0.4 is 0 Å². The van der Waals surface area contributed by atoms with Gasteiger partial charge in [0.15, 0.2) is 5.78 Å². The second-order valence-corrected chi connectivity index (χ2v) is 3.44. The Morgan fingerprint density at radius 1 is 1.29 bits per heavy atom. The third-order valence-corrected chi connectivity index (χ3v) is 2.39. The van der Waals surface area contributed by atoms with E-state index in [1.807, 2.05) is 6.08 Å². The van der Waals surface area contributed by atoms with Gasteiger partial charge in [0.25, 0.3) is 0 Å². The van der Waals surface area contributed by atoms with Gasteiger partial charge in [-0.2, -0.15) is 0 Å². The van der Waals surface area contributed by atoms with E-state index < -0.39 is 0 Å². The average molecular weight is 190 g/mol. The van der Waals surface area contributed by atoms with E-state index in [1.54, 1.807) is 12.1 Å². The van der Waals surface area contributed by atoms with Crippen molar-refractivity contribution in [1.82, 2.24) is 0 Å². The summed E-state index contributed by atoms with van der Waals surface area (Å²) in [5.74, 6) is -0.163. The number of benzene rings is 1. The first-order valence-electron chi connectivity index (χ1n) is 4.76. The van der Waals surface area contributed by atoms with Gasteiger partial charge in [0.1, 0.15) is 5.82 Å². The number of ketones is 1. The first-order valence-corrected chi connectivity index (χ1v) is 4.76. The molecule has 0 aliphatic heterocycles. The zero-order chi connectivity index (χ0) is 9.97. The van der Waals surface area contributed by atoms with Gasteiger partial charge in [-0.1, -0.05) is 18.2 Å². The first kappa shape index (κ1) is 9.13. The molecule has 0 bridgehead atoms. The van der Waals surface area contributed by atoms with E-state index in [2.05, 4.69) is 0 Å². The molecular formula is C12H11FO. The molecule has 0 aromatic heterocycles. The number of Topliss-reactive ketones (excluding diaryl/α,β-unsaturated/α-hetero) is 1. The van der Waals surface area contributed by atoms with E-state index >= 15 is 0 Å². The fraction of sp³-hybridized carbons (Fsp3) is 0.250. The van der Waals surface area contributed by atoms with Crippen LogP contribution in [-0.4, -0.2) is 5.78 Å². The van der Waals surface area contributed by atoms with Gasteiger partial charge in [-0.15, -0.1) is 0 Å². The molecule has 0 amide bonds. The Morgan fingerprint density at radius 3 is 2.86 bits per heavy atom. The molecule has 1 aromatic rings. The molecule has 1 aromatic carbocycles. The summed E-state index contributed by atoms with van der Waals surface area (Å²) in [7, 11) is 0. The topological polar surface area (TPSA) is 17.1 Å². The monoisotopic (exact) mass is 190 g/mol. The van der Waals surface area contributed by atoms with Crippen molar-refractivity contribution in [2.24, 2.45) is 0 Å². The van der Waals surface area contributed by atoms with Crippen molar-refractivity contribution in [1.29, 1.82) is 0 Å². The summed E-state index contributed by atoms with van der Waals surface area (Å²) in [6.45, 7) is 0. The highest BCUT2D eigenvalue weighted by Gasteiger charge is 2.15. The Labute approximate surface area is 82.3 Å². The van der Waals surface area contributed by atoms with Crippen molar-refractivity contribution in [2.75, 3.05) is 0 Å². The molecule has 0 saturated carbocycles. The van der Waals surface area contributed by atoms with E-state index in [9.17, 15) is 9.18 Å². The standard InChI is InChI=1S/C12H11FO/c13-10-5-3-4-9(8-10)11-6-1-2-7-12(11)14/h3-6,8H,1-2,7H2. The fourth-order valence-electron chi connectivity index (χ4n) is 1.69. The number of halogens is 1. The molecule has 1 nitrogen and oxygen atoms in total. The van der Waals surface area contributed by atoms with Crippen molar-refractivity contribution in [2.45, 2.75) is 19.3 Å². The van der Waals surface area contributed by atoms with Gasteiger partial charge >= 0.3 is 0 Å². The number of carbonyl (C=O) groups excluding carboxylic acids is 1. The highest BCUT2D eigenvalue weighted by Crippen LogP contribution is 2.23. The third kappa shape index (κ3) is 1.74. The molecule has 0 N–H and O–H groups in total. The van der Waals surface area contributed by atoms with Crippen molar-refractivity contribution in [3.05, 3.63) is 41.7 Å². The molecule has 0 fully saturated rings. The van der Waals surface area contributed by atoms with Gasteiger partial charge in [-0.05, 0) is 30.5 Å². The van der Waals surface area contributed by atoms with Gasteiger partial charge in [-0.25, -0.2) is 4.39 Å². The van der Waals surface area contributed by atoms with Crippen LogP contribution in [0.15, 0.2) is 30.3 Å². The van der Waals surface area contributed by atoms with Crippen LogP contribution in [0.5, 0.6) is 0 Å². The average Bonchev–Trinajstić information content (AvgIpc) is 2.18. The van der Waals surface area contributed by atoms with E-state index in [-0.39, 0.29) is 11.6 Å². The highest BCUT2D eigenvalue weighted by atomic mass is 19.1. The minimum Gasteiger partial charge on any atom is -0.294 e. The van der Waals surface area contributed by atoms with Crippen LogP contribution in [0, 0.1) is 5.82 Å². The molecule has 0 unspecified atom stereocenters. The lowest BCUT2D eigenvalue weighted by atomic mass is 9.92. The quantitative estimate of drug-likeness (QED) is 0.665. The largest absolute Gasteiger partial charge is 0.294 e. The molecule has 0 saturated heterocycles. The van der Waals surface area contributed by atoms with Crippen LogP contribution in [-0.2, 0) is 4.79 Å². The summed E-state index contributed by atoms with van der Waals surface area (Å²) in [6, 6.07) is 6.21. The lowest BCUT2D eigenvalue weighted by Gasteiger charge is -2.11. The SMILES string of the molecule is O=C1CCCC=C1c1cccc(F)c1. The Hall–Kier alpha value is -1.44. The van der Waals surface area contributed by atoms with Crippen LogP contribution in [0.2, 0.25) is 0 Å². The van der Waals surface area contributed by atoms with Crippen molar-refractivity contribution in [3.63, 3.8) is 0 Å². The molecule has 0 heterocycles. The second kappa shape index (κ2) is 3.74. The lowest BCUT2D eigenvalue weighted by Crippen LogP contribution is -2.06. The number of carbonyl (C=O) groups is 1. The Kier molecular flexibility index (Phi) is 2.44. The Morgan fingerprint density at radius 2 is 2.14 bits per heavy atom. The van der Waals surface area contributed by atoms with Crippen molar-refractivity contribution in [3.8, 4) is 0 Å². The van der Waals surface area contributed by atoms with Gasteiger partial charge < -0.3 is 0 Å². The molecule has 1 aliphatic rings. The summed E-state index contributed by atoms with van der Waals surface area (Å²) in [5, 5.41) is 0.